The van der Waals surface area contributed by atoms with Crippen LogP contribution in [0.4, 0.5) is 10.1 Å². The van der Waals surface area contributed by atoms with Crippen molar-refractivity contribution in [3.05, 3.63) is 59.9 Å². The number of hydrogen-bond acceptors (Lipinski definition) is 2. The molecule has 0 bridgehead atoms. The zero-order valence-electron chi connectivity index (χ0n) is 11.4. The molecule has 0 aliphatic rings. The van der Waals surface area contributed by atoms with Crippen LogP contribution in [-0.2, 0) is 4.79 Å². The molecule has 0 saturated heterocycles. The third-order valence-corrected chi connectivity index (χ3v) is 2.83. The lowest BCUT2D eigenvalue weighted by molar-refractivity contribution is -0.122. The number of carbonyl (C=O) groups excluding carboxylic acids is 1. The first-order valence-corrected chi connectivity index (χ1v) is 6.35. The second-order valence-electron chi connectivity index (χ2n) is 4.55. The minimum atomic E-state index is -0.784. The lowest BCUT2D eigenvalue weighted by Crippen LogP contribution is -2.30. The molecule has 20 heavy (non-hydrogen) atoms. The zero-order valence-corrected chi connectivity index (χ0v) is 11.4. The average Bonchev–Trinajstić information content (AvgIpc) is 2.44. The van der Waals surface area contributed by atoms with Crippen molar-refractivity contribution in [2.45, 2.75) is 20.0 Å². The Bertz CT molecular complexity index is 596. The molecule has 3 nitrogen and oxygen atoms in total. The van der Waals surface area contributed by atoms with Gasteiger partial charge in [-0.25, -0.2) is 4.39 Å². The Morgan fingerprint density at radius 1 is 1.15 bits per heavy atom. The minimum absolute atomic E-state index is 0.0686. The van der Waals surface area contributed by atoms with Crippen molar-refractivity contribution in [3.63, 3.8) is 0 Å². The third-order valence-electron chi connectivity index (χ3n) is 2.83. The minimum Gasteiger partial charge on any atom is -0.478 e. The molecule has 0 unspecified atom stereocenters. The number of carbonyl (C=O) groups is 1. The van der Waals surface area contributed by atoms with Crippen LogP contribution in [0.1, 0.15) is 12.5 Å². The fraction of sp³-hybridized carbons (Fsp3) is 0.188. The van der Waals surface area contributed by atoms with Crippen molar-refractivity contribution in [2.75, 3.05) is 5.32 Å². The van der Waals surface area contributed by atoms with Gasteiger partial charge in [0.1, 0.15) is 0 Å². The number of rotatable bonds is 4. The molecule has 1 amide bonds. The van der Waals surface area contributed by atoms with E-state index in [1.165, 1.54) is 12.1 Å². The number of amides is 1. The van der Waals surface area contributed by atoms with E-state index in [1.54, 1.807) is 19.1 Å². The smallest absolute Gasteiger partial charge is 0.265 e. The molecule has 0 saturated carbocycles. The molecule has 2 rings (SSSR count). The predicted molar refractivity (Wildman–Crippen MR) is 76.3 cm³/mol. The maximum absolute atomic E-state index is 13.4. The Morgan fingerprint density at radius 3 is 2.45 bits per heavy atom. The summed E-state index contributed by atoms with van der Waals surface area (Å²) in [5.41, 5.74) is 1.79. The molecule has 0 radical (unpaired) electrons. The summed E-state index contributed by atoms with van der Waals surface area (Å²) in [6.45, 7) is 3.55. The number of nitrogens with one attached hydrogen (secondary N) is 1. The maximum atomic E-state index is 13.4. The average molecular weight is 273 g/mol. The summed E-state index contributed by atoms with van der Waals surface area (Å²) < 4.78 is 18.7. The van der Waals surface area contributed by atoms with E-state index in [4.69, 9.17) is 4.74 Å². The summed E-state index contributed by atoms with van der Waals surface area (Å²) in [5.74, 6) is -0.737. The Hall–Kier alpha value is -2.36. The van der Waals surface area contributed by atoms with Gasteiger partial charge >= 0.3 is 0 Å². The predicted octanol–water partition coefficient (Wildman–Crippen LogP) is 3.54. The van der Waals surface area contributed by atoms with E-state index in [9.17, 15) is 9.18 Å². The quantitative estimate of drug-likeness (QED) is 0.925. The second kappa shape index (κ2) is 6.19. The van der Waals surface area contributed by atoms with E-state index < -0.39 is 11.9 Å². The van der Waals surface area contributed by atoms with Crippen LogP contribution in [0.25, 0.3) is 0 Å². The molecule has 4 heteroatoms. The number of para-hydroxylation sites is 1. The lowest BCUT2D eigenvalue weighted by atomic mass is 10.2. The molecule has 0 aliphatic carbocycles. The van der Waals surface area contributed by atoms with Gasteiger partial charge < -0.3 is 10.1 Å². The van der Waals surface area contributed by atoms with Crippen LogP contribution in [0.3, 0.4) is 0 Å². The molecule has 0 aliphatic heterocycles. The number of anilines is 1. The van der Waals surface area contributed by atoms with Gasteiger partial charge in [-0.15, -0.1) is 0 Å². The first kappa shape index (κ1) is 14.1. The first-order valence-electron chi connectivity index (χ1n) is 6.35. The van der Waals surface area contributed by atoms with E-state index in [0.717, 1.165) is 5.56 Å². The number of hydrogen-bond donors (Lipinski definition) is 1. The molecule has 0 heterocycles. The van der Waals surface area contributed by atoms with Gasteiger partial charge in [0, 0.05) is 5.69 Å². The maximum Gasteiger partial charge on any atom is 0.265 e. The standard InChI is InChI=1S/C16H16FNO2/c1-11-7-9-13(10-8-11)18-16(19)12(2)20-15-6-4-3-5-14(15)17/h3-10,12H,1-2H3,(H,18,19)/t12-/m0/s1. The second-order valence-corrected chi connectivity index (χ2v) is 4.55. The van der Waals surface area contributed by atoms with Gasteiger partial charge in [-0.2, -0.15) is 0 Å². The van der Waals surface area contributed by atoms with Gasteiger partial charge in [0.05, 0.1) is 0 Å². The Balaban J connectivity index is 1.99. The highest BCUT2D eigenvalue weighted by Gasteiger charge is 2.16. The van der Waals surface area contributed by atoms with Crippen LogP contribution in [0.2, 0.25) is 0 Å². The van der Waals surface area contributed by atoms with Gasteiger partial charge in [-0.1, -0.05) is 29.8 Å². The van der Waals surface area contributed by atoms with Crippen LogP contribution >= 0.6 is 0 Å². The highest BCUT2D eigenvalue weighted by Crippen LogP contribution is 2.17. The molecule has 0 aromatic heterocycles. The van der Waals surface area contributed by atoms with Crippen molar-refractivity contribution < 1.29 is 13.9 Å². The van der Waals surface area contributed by atoms with Crippen LogP contribution < -0.4 is 10.1 Å². The summed E-state index contributed by atoms with van der Waals surface area (Å²) in [7, 11) is 0. The van der Waals surface area contributed by atoms with Crippen LogP contribution in [0.15, 0.2) is 48.5 Å². The summed E-state index contributed by atoms with van der Waals surface area (Å²) in [5, 5.41) is 2.72. The lowest BCUT2D eigenvalue weighted by Gasteiger charge is -2.15. The van der Waals surface area contributed by atoms with E-state index in [0.29, 0.717) is 5.69 Å². The topological polar surface area (TPSA) is 38.3 Å². The molecular weight excluding hydrogens is 257 g/mol. The van der Waals surface area contributed by atoms with E-state index >= 15 is 0 Å². The SMILES string of the molecule is Cc1ccc(NC(=O)[C@H](C)Oc2ccccc2F)cc1. The largest absolute Gasteiger partial charge is 0.478 e. The summed E-state index contributed by atoms with van der Waals surface area (Å²) in [6.07, 6.45) is -0.784. The van der Waals surface area contributed by atoms with E-state index in [2.05, 4.69) is 5.32 Å². The number of ether oxygens (including phenoxy) is 1. The van der Waals surface area contributed by atoms with Gasteiger partial charge in [-0.3, -0.25) is 4.79 Å². The van der Waals surface area contributed by atoms with Crippen molar-refractivity contribution in [2.24, 2.45) is 0 Å². The molecular formula is C16H16FNO2. The van der Waals surface area contributed by atoms with Crippen LogP contribution in [0.5, 0.6) is 5.75 Å². The summed E-state index contributed by atoms with van der Waals surface area (Å²) in [6, 6.07) is 13.4. The van der Waals surface area contributed by atoms with Crippen molar-refractivity contribution in [3.8, 4) is 5.75 Å². The highest BCUT2D eigenvalue weighted by atomic mass is 19.1. The number of halogens is 1. The third kappa shape index (κ3) is 3.57. The molecule has 0 fully saturated rings. The molecule has 1 atom stereocenters. The van der Waals surface area contributed by atoms with Gasteiger partial charge in [-0.05, 0) is 38.1 Å². The van der Waals surface area contributed by atoms with Gasteiger partial charge in [0.15, 0.2) is 17.7 Å². The Kier molecular flexibility index (Phi) is 4.35. The molecule has 104 valence electrons. The zero-order chi connectivity index (χ0) is 14.5. The number of aryl methyl sites for hydroxylation is 1. The monoisotopic (exact) mass is 273 g/mol. The van der Waals surface area contributed by atoms with Crippen molar-refractivity contribution >= 4 is 11.6 Å². The van der Waals surface area contributed by atoms with Crippen LogP contribution in [0, 0.1) is 12.7 Å². The molecule has 2 aromatic carbocycles. The van der Waals surface area contributed by atoms with E-state index in [-0.39, 0.29) is 11.7 Å². The molecule has 0 spiro atoms. The fourth-order valence-electron chi connectivity index (χ4n) is 1.67. The van der Waals surface area contributed by atoms with Crippen molar-refractivity contribution in [1.82, 2.24) is 0 Å². The van der Waals surface area contributed by atoms with Gasteiger partial charge in [0.2, 0.25) is 0 Å². The van der Waals surface area contributed by atoms with E-state index in [1.807, 2.05) is 31.2 Å². The molecule has 1 N–H and O–H groups in total. The first-order chi connectivity index (χ1) is 9.56. The highest BCUT2D eigenvalue weighted by molar-refractivity contribution is 5.94. The Morgan fingerprint density at radius 2 is 1.80 bits per heavy atom. The van der Waals surface area contributed by atoms with Gasteiger partial charge in [0.25, 0.3) is 5.91 Å². The Labute approximate surface area is 117 Å². The van der Waals surface area contributed by atoms with Crippen LogP contribution in [-0.4, -0.2) is 12.0 Å². The fourth-order valence-corrected chi connectivity index (χ4v) is 1.67. The van der Waals surface area contributed by atoms with Crippen molar-refractivity contribution in [1.29, 1.82) is 0 Å². The summed E-state index contributed by atoms with van der Waals surface area (Å²) >= 11 is 0. The molecule has 2 aromatic rings. The normalized spacial score (nSPS) is 11.8. The summed E-state index contributed by atoms with van der Waals surface area (Å²) in [4.78, 5) is 12.0. The number of benzene rings is 2.